The second-order valence-electron chi connectivity index (χ2n) is 4.32. The van der Waals surface area contributed by atoms with E-state index in [9.17, 15) is 9.59 Å². The first kappa shape index (κ1) is 12.4. The number of carboxylic acid groups (broad SMARTS) is 1. The predicted octanol–water partition coefficient (Wildman–Crippen LogP) is 1.62. The van der Waals surface area contributed by atoms with Gasteiger partial charge in [0.05, 0.1) is 19.2 Å². The first-order valence-electron chi connectivity index (χ1n) is 5.71. The Balaban J connectivity index is 2.47. The number of ether oxygens (including phenoxy) is 1. The molecule has 96 valence electrons. The van der Waals surface area contributed by atoms with E-state index < -0.39 is 5.97 Å². The Morgan fingerprint density at radius 2 is 2.22 bits per heavy atom. The van der Waals surface area contributed by atoms with Crippen LogP contribution in [-0.4, -0.2) is 30.6 Å². The molecule has 18 heavy (non-hydrogen) atoms. The number of para-hydroxylation sites is 1. The third kappa shape index (κ3) is 2.03. The zero-order valence-electron chi connectivity index (χ0n) is 10.3. The lowest BCUT2D eigenvalue weighted by Gasteiger charge is -2.17. The number of anilines is 1. The number of benzene rings is 1. The van der Waals surface area contributed by atoms with Gasteiger partial charge in [0.1, 0.15) is 5.75 Å². The molecule has 0 aromatic heterocycles. The minimum absolute atomic E-state index is 0.0178. The monoisotopic (exact) mass is 249 g/mol. The summed E-state index contributed by atoms with van der Waals surface area (Å²) in [6, 6.07) is 5.45. The number of methoxy groups -OCH3 is 1. The second-order valence-corrected chi connectivity index (χ2v) is 4.32. The summed E-state index contributed by atoms with van der Waals surface area (Å²) < 4.78 is 5.25. The van der Waals surface area contributed by atoms with E-state index in [4.69, 9.17) is 9.84 Å². The molecule has 5 nitrogen and oxygen atoms in total. The van der Waals surface area contributed by atoms with E-state index in [1.807, 2.05) is 12.1 Å². The molecule has 0 fully saturated rings. The van der Waals surface area contributed by atoms with Crippen LogP contribution in [0.5, 0.6) is 5.75 Å². The van der Waals surface area contributed by atoms with Gasteiger partial charge in [-0.2, -0.15) is 0 Å². The van der Waals surface area contributed by atoms with Crippen LogP contribution in [0.4, 0.5) is 5.69 Å². The maximum Gasteiger partial charge on any atom is 0.304 e. The lowest BCUT2D eigenvalue weighted by Crippen LogP contribution is -2.27. The average Bonchev–Trinajstić information content (AvgIpc) is 2.67. The van der Waals surface area contributed by atoms with Gasteiger partial charge in [0.15, 0.2) is 0 Å². The van der Waals surface area contributed by atoms with Gasteiger partial charge in [0.25, 0.3) is 0 Å². The Morgan fingerprint density at radius 3 is 2.78 bits per heavy atom. The number of carboxylic acids is 1. The first-order chi connectivity index (χ1) is 8.54. The normalized spacial score (nSPS) is 17.4. The second kappa shape index (κ2) is 4.68. The van der Waals surface area contributed by atoms with Gasteiger partial charge in [-0.1, -0.05) is 12.1 Å². The predicted molar refractivity (Wildman–Crippen MR) is 66.0 cm³/mol. The number of carbonyl (C=O) groups excluding carboxylic acids is 1. The molecule has 5 heteroatoms. The molecule has 0 radical (unpaired) electrons. The van der Waals surface area contributed by atoms with Crippen LogP contribution in [0.25, 0.3) is 0 Å². The van der Waals surface area contributed by atoms with Gasteiger partial charge in [-0.25, -0.2) is 0 Å². The highest BCUT2D eigenvalue weighted by Gasteiger charge is 2.34. The molecule has 2 rings (SSSR count). The van der Waals surface area contributed by atoms with E-state index >= 15 is 0 Å². The minimum Gasteiger partial charge on any atom is -0.495 e. The van der Waals surface area contributed by atoms with Crippen LogP contribution >= 0.6 is 0 Å². The minimum atomic E-state index is -0.862. The zero-order valence-corrected chi connectivity index (χ0v) is 10.3. The molecule has 0 spiro atoms. The lowest BCUT2D eigenvalue weighted by molar-refractivity contribution is -0.137. The van der Waals surface area contributed by atoms with Crippen LogP contribution in [0.3, 0.4) is 0 Å². The van der Waals surface area contributed by atoms with Crippen molar-refractivity contribution in [3.8, 4) is 5.75 Å². The summed E-state index contributed by atoms with van der Waals surface area (Å²) in [6.45, 7) is 1.87. The van der Waals surface area contributed by atoms with E-state index in [-0.39, 0.29) is 18.2 Å². The van der Waals surface area contributed by atoms with E-state index in [0.717, 1.165) is 5.56 Å². The summed E-state index contributed by atoms with van der Waals surface area (Å²) in [4.78, 5) is 24.1. The van der Waals surface area contributed by atoms with Crippen LogP contribution in [0.2, 0.25) is 0 Å². The maximum absolute atomic E-state index is 11.6. The average molecular weight is 249 g/mol. The van der Waals surface area contributed by atoms with Crippen molar-refractivity contribution in [2.45, 2.75) is 19.3 Å². The number of nitrogens with zero attached hydrogens (tertiary/aromatic N) is 1. The molecule has 1 unspecified atom stereocenters. The number of fused-ring (bicyclic) bond motifs is 1. The summed E-state index contributed by atoms with van der Waals surface area (Å²) in [5.41, 5.74) is 1.57. The van der Waals surface area contributed by atoms with Crippen LogP contribution in [0, 0.1) is 0 Å². The summed E-state index contributed by atoms with van der Waals surface area (Å²) >= 11 is 0. The molecule has 1 aromatic rings. The Labute approximate surface area is 105 Å². The van der Waals surface area contributed by atoms with Gasteiger partial charge >= 0.3 is 5.97 Å². The third-order valence-corrected chi connectivity index (χ3v) is 3.16. The fraction of sp³-hybridized carbons (Fsp3) is 0.385. The number of rotatable bonds is 3. The Morgan fingerprint density at radius 1 is 1.50 bits per heavy atom. The highest BCUT2D eigenvalue weighted by Crippen LogP contribution is 2.43. The van der Waals surface area contributed by atoms with Crippen molar-refractivity contribution in [2.24, 2.45) is 0 Å². The molecule has 1 aromatic carbocycles. The molecule has 1 heterocycles. The van der Waals surface area contributed by atoms with Crippen molar-refractivity contribution in [2.75, 3.05) is 18.6 Å². The standard InChI is InChI=1S/C13H15NO4/c1-8(15)14-7-9(6-12(16)17)10-4-3-5-11(18-2)13(10)14/h3-5,9H,6-7H2,1-2H3,(H,16,17). The van der Waals surface area contributed by atoms with Gasteiger partial charge < -0.3 is 14.7 Å². The van der Waals surface area contributed by atoms with Crippen molar-refractivity contribution in [1.82, 2.24) is 0 Å². The van der Waals surface area contributed by atoms with Crippen LogP contribution in [-0.2, 0) is 9.59 Å². The highest BCUT2D eigenvalue weighted by atomic mass is 16.5. The fourth-order valence-electron chi connectivity index (χ4n) is 2.40. The lowest BCUT2D eigenvalue weighted by atomic mass is 9.98. The molecule has 0 bridgehead atoms. The summed E-state index contributed by atoms with van der Waals surface area (Å²) in [5, 5.41) is 8.92. The van der Waals surface area contributed by atoms with Crippen molar-refractivity contribution < 1.29 is 19.4 Å². The van der Waals surface area contributed by atoms with Gasteiger partial charge in [0.2, 0.25) is 5.91 Å². The maximum atomic E-state index is 11.6. The van der Waals surface area contributed by atoms with Crippen molar-refractivity contribution >= 4 is 17.6 Å². The van der Waals surface area contributed by atoms with E-state index in [0.29, 0.717) is 18.0 Å². The molecule has 1 aliphatic rings. The number of hydrogen-bond acceptors (Lipinski definition) is 3. The van der Waals surface area contributed by atoms with E-state index in [2.05, 4.69) is 0 Å². The highest BCUT2D eigenvalue weighted by molar-refractivity contribution is 5.96. The molecule has 0 aliphatic carbocycles. The summed E-state index contributed by atoms with van der Waals surface area (Å²) in [5.74, 6) is -0.528. The number of hydrogen-bond donors (Lipinski definition) is 1. The van der Waals surface area contributed by atoms with E-state index in [1.54, 1.807) is 18.1 Å². The van der Waals surface area contributed by atoms with Gasteiger partial charge in [-0.15, -0.1) is 0 Å². The molecule has 1 atom stereocenters. The quantitative estimate of drug-likeness (QED) is 0.884. The molecule has 1 amide bonds. The van der Waals surface area contributed by atoms with E-state index in [1.165, 1.54) is 6.92 Å². The number of carbonyl (C=O) groups is 2. The number of amides is 1. The Hall–Kier alpha value is -2.04. The van der Waals surface area contributed by atoms with Crippen LogP contribution in [0.1, 0.15) is 24.8 Å². The molecule has 1 aliphatic heterocycles. The largest absolute Gasteiger partial charge is 0.495 e. The Bertz CT molecular complexity index is 498. The number of aliphatic carboxylic acids is 1. The van der Waals surface area contributed by atoms with Gasteiger partial charge in [0, 0.05) is 19.4 Å². The molecule has 0 saturated heterocycles. The van der Waals surface area contributed by atoms with Crippen LogP contribution in [0.15, 0.2) is 18.2 Å². The fourth-order valence-corrected chi connectivity index (χ4v) is 2.40. The molecular weight excluding hydrogens is 234 g/mol. The summed E-state index contributed by atoms with van der Waals surface area (Å²) in [7, 11) is 1.54. The zero-order chi connectivity index (χ0) is 13.3. The van der Waals surface area contributed by atoms with Crippen molar-refractivity contribution in [1.29, 1.82) is 0 Å². The molecular formula is C13H15NO4. The van der Waals surface area contributed by atoms with Crippen LogP contribution < -0.4 is 9.64 Å². The molecule has 0 saturated carbocycles. The topological polar surface area (TPSA) is 66.8 Å². The van der Waals surface area contributed by atoms with Gasteiger partial charge in [-0.3, -0.25) is 9.59 Å². The summed E-state index contributed by atoms with van der Waals surface area (Å²) in [6.07, 6.45) is 0.0178. The van der Waals surface area contributed by atoms with Gasteiger partial charge in [-0.05, 0) is 11.6 Å². The molecule has 1 N–H and O–H groups in total. The first-order valence-corrected chi connectivity index (χ1v) is 5.71. The third-order valence-electron chi connectivity index (χ3n) is 3.16. The Kier molecular flexibility index (Phi) is 3.23. The van der Waals surface area contributed by atoms with Crippen molar-refractivity contribution in [3.05, 3.63) is 23.8 Å². The van der Waals surface area contributed by atoms with Crippen molar-refractivity contribution in [3.63, 3.8) is 0 Å². The smallest absolute Gasteiger partial charge is 0.304 e. The SMILES string of the molecule is COc1cccc2c1N(C(C)=O)CC2CC(=O)O.